The molecule has 1 aromatic carbocycles. The summed E-state index contributed by atoms with van der Waals surface area (Å²) >= 11 is 6.02. The van der Waals surface area contributed by atoms with Crippen molar-refractivity contribution in [1.29, 1.82) is 0 Å². The lowest BCUT2D eigenvalue weighted by atomic mass is 10.1. The molecule has 1 aliphatic heterocycles. The Labute approximate surface area is 199 Å². The molecule has 0 radical (unpaired) electrons. The van der Waals surface area contributed by atoms with Crippen LogP contribution in [-0.4, -0.2) is 62.5 Å². The van der Waals surface area contributed by atoms with E-state index in [1.54, 1.807) is 4.90 Å². The number of hydrogen-bond donors (Lipinski definition) is 3. The lowest BCUT2D eigenvalue weighted by molar-refractivity contribution is -0.112. The predicted octanol–water partition coefficient (Wildman–Crippen LogP) is 2.96. The summed E-state index contributed by atoms with van der Waals surface area (Å²) in [6, 6.07) is 4.26. The fourth-order valence-electron chi connectivity index (χ4n) is 3.03. The van der Waals surface area contributed by atoms with Gasteiger partial charge < -0.3 is 20.7 Å². The maximum Gasteiger partial charge on any atom is 0.410 e. The number of amides is 2. The second-order valence-corrected chi connectivity index (χ2v) is 10.8. The molecule has 0 unspecified atom stereocenters. The van der Waals surface area contributed by atoms with Gasteiger partial charge in [0.05, 0.1) is 23.6 Å². The number of halogens is 1. The highest BCUT2D eigenvalue weighted by atomic mass is 35.5. The van der Waals surface area contributed by atoms with E-state index in [0.717, 1.165) is 12.5 Å². The molecule has 0 saturated carbocycles. The first-order valence-electron chi connectivity index (χ1n) is 10.3. The van der Waals surface area contributed by atoms with Crippen molar-refractivity contribution in [2.24, 2.45) is 10.7 Å². The van der Waals surface area contributed by atoms with Crippen molar-refractivity contribution < 1.29 is 22.7 Å². The average molecular weight is 500 g/mol. The SMILES string of the molecule is CC(C)(C)OC(=O)N1CCC(N=C/C(=C\N)C(=O)Nc2cc(Cl)cc(NS(C)(=O)=O)c2)CC1. The number of rotatable bonds is 6. The molecule has 0 spiro atoms. The summed E-state index contributed by atoms with van der Waals surface area (Å²) in [5.74, 6) is -0.528. The van der Waals surface area contributed by atoms with Crippen molar-refractivity contribution in [3.63, 3.8) is 0 Å². The van der Waals surface area contributed by atoms with Crippen LogP contribution in [0.2, 0.25) is 5.02 Å². The monoisotopic (exact) mass is 499 g/mol. The van der Waals surface area contributed by atoms with Crippen LogP contribution in [0.5, 0.6) is 0 Å². The summed E-state index contributed by atoms with van der Waals surface area (Å²) in [6.07, 6.45) is 4.44. The number of nitrogens with zero attached hydrogens (tertiary/aromatic N) is 2. The highest BCUT2D eigenvalue weighted by molar-refractivity contribution is 7.92. The minimum absolute atomic E-state index is 0.0665. The Kier molecular flexibility index (Phi) is 8.73. The van der Waals surface area contributed by atoms with Gasteiger partial charge in [0, 0.05) is 36.2 Å². The lowest BCUT2D eigenvalue weighted by Gasteiger charge is -2.32. The Balaban J connectivity index is 1.96. The fourth-order valence-corrected chi connectivity index (χ4v) is 3.81. The number of nitrogens with two attached hydrogens (primary N) is 1. The molecular formula is C21H30ClN5O5S. The van der Waals surface area contributed by atoms with Gasteiger partial charge in [-0.3, -0.25) is 14.5 Å². The normalized spacial score (nSPS) is 16.0. The van der Waals surface area contributed by atoms with E-state index in [1.165, 1.54) is 24.4 Å². The third kappa shape index (κ3) is 9.30. The zero-order valence-corrected chi connectivity index (χ0v) is 20.7. The molecule has 10 nitrogen and oxygen atoms in total. The highest BCUT2D eigenvalue weighted by Gasteiger charge is 2.26. The summed E-state index contributed by atoms with van der Waals surface area (Å²) in [6.45, 7) is 6.47. The molecule has 12 heteroatoms. The molecule has 1 fully saturated rings. The summed E-state index contributed by atoms with van der Waals surface area (Å²) in [5, 5.41) is 2.86. The Morgan fingerprint density at radius 3 is 2.36 bits per heavy atom. The molecule has 182 valence electrons. The third-order valence-electron chi connectivity index (χ3n) is 4.44. The highest BCUT2D eigenvalue weighted by Crippen LogP contribution is 2.24. The van der Waals surface area contributed by atoms with Crippen LogP contribution in [0.15, 0.2) is 35.0 Å². The Hall–Kier alpha value is -2.79. The van der Waals surface area contributed by atoms with E-state index in [4.69, 9.17) is 22.1 Å². The van der Waals surface area contributed by atoms with Crippen LogP contribution in [0.4, 0.5) is 16.2 Å². The van der Waals surface area contributed by atoms with E-state index in [9.17, 15) is 18.0 Å². The molecule has 0 aliphatic carbocycles. The van der Waals surface area contributed by atoms with Gasteiger partial charge in [-0.2, -0.15) is 0 Å². The van der Waals surface area contributed by atoms with Crippen molar-refractivity contribution in [3.8, 4) is 0 Å². The molecule has 4 N–H and O–H groups in total. The molecule has 0 bridgehead atoms. The number of carbonyl (C=O) groups excluding carboxylic acids is 2. The molecule has 1 aromatic rings. The molecule has 1 saturated heterocycles. The molecule has 1 aliphatic rings. The van der Waals surface area contributed by atoms with Crippen LogP contribution in [0.25, 0.3) is 0 Å². The average Bonchev–Trinajstić information content (AvgIpc) is 2.65. The van der Waals surface area contributed by atoms with Gasteiger partial charge in [-0.15, -0.1) is 0 Å². The zero-order chi connectivity index (χ0) is 24.8. The number of carbonyl (C=O) groups is 2. The van der Waals surface area contributed by atoms with Crippen LogP contribution in [-0.2, 0) is 19.6 Å². The van der Waals surface area contributed by atoms with Gasteiger partial charge >= 0.3 is 6.09 Å². The smallest absolute Gasteiger partial charge is 0.410 e. The van der Waals surface area contributed by atoms with Gasteiger partial charge in [-0.05, 0) is 51.8 Å². The first-order chi connectivity index (χ1) is 15.3. The lowest BCUT2D eigenvalue weighted by Crippen LogP contribution is -2.42. The predicted molar refractivity (Wildman–Crippen MR) is 130 cm³/mol. The maximum absolute atomic E-state index is 12.6. The number of ether oxygens (including phenoxy) is 1. The van der Waals surface area contributed by atoms with Crippen molar-refractivity contribution in [1.82, 2.24) is 4.90 Å². The van der Waals surface area contributed by atoms with Crippen LogP contribution < -0.4 is 15.8 Å². The van der Waals surface area contributed by atoms with E-state index >= 15 is 0 Å². The van der Waals surface area contributed by atoms with Gasteiger partial charge in [0.1, 0.15) is 5.60 Å². The molecule has 33 heavy (non-hydrogen) atoms. The van der Waals surface area contributed by atoms with Gasteiger partial charge in [0.15, 0.2) is 0 Å². The minimum atomic E-state index is -3.51. The van der Waals surface area contributed by atoms with E-state index in [-0.39, 0.29) is 34.1 Å². The van der Waals surface area contributed by atoms with Crippen LogP contribution in [0.1, 0.15) is 33.6 Å². The fraction of sp³-hybridized carbons (Fsp3) is 0.476. The number of hydrogen-bond acceptors (Lipinski definition) is 7. The Morgan fingerprint density at radius 2 is 1.82 bits per heavy atom. The molecular weight excluding hydrogens is 470 g/mol. The third-order valence-corrected chi connectivity index (χ3v) is 5.27. The number of aliphatic imine (C=N–C) groups is 1. The first-order valence-corrected chi connectivity index (χ1v) is 12.6. The largest absolute Gasteiger partial charge is 0.444 e. The number of nitrogens with one attached hydrogen (secondary N) is 2. The van der Waals surface area contributed by atoms with Crippen LogP contribution in [0.3, 0.4) is 0 Å². The molecule has 2 amide bonds. The second-order valence-electron chi connectivity index (χ2n) is 8.66. The van der Waals surface area contributed by atoms with E-state index in [0.29, 0.717) is 25.9 Å². The summed E-state index contributed by atoms with van der Waals surface area (Å²) < 4.78 is 30.6. The Bertz CT molecular complexity index is 1040. The molecule has 1 heterocycles. The number of anilines is 2. The summed E-state index contributed by atoms with van der Waals surface area (Å²) in [5.41, 5.74) is 5.68. The van der Waals surface area contributed by atoms with E-state index in [2.05, 4.69) is 15.0 Å². The second kappa shape index (κ2) is 10.9. The molecule has 0 atom stereocenters. The number of likely N-dealkylation sites (tertiary alicyclic amines) is 1. The van der Waals surface area contributed by atoms with E-state index in [1.807, 2.05) is 20.8 Å². The van der Waals surface area contributed by atoms with Crippen molar-refractivity contribution in [2.75, 3.05) is 29.4 Å². The van der Waals surface area contributed by atoms with Gasteiger partial charge in [-0.1, -0.05) is 11.6 Å². The number of benzene rings is 1. The standard InChI is InChI=1S/C21H30ClN5O5S/c1-21(2,3)32-20(29)27-7-5-16(6-8-27)24-13-14(12-23)19(28)25-17-9-15(22)10-18(11-17)26-33(4,30)31/h9-13,16,26H,5-8,23H2,1-4H3,(H,25,28)/b14-12+,24-13?. The molecule has 0 aromatic heterocycles. The van der Waals surface area contributed by atoms with Crippen LogP contribution in [0, 0.1) is 0 Å². The first kappa shape index (κ1) is 26.5. The topological polar surface area (TPSA) is 143 Å². The Morgan fingerprint density at radius 1 is 1.21 bits per heavy atom. The number of sulfonamides is 1. The van der Waals surface area contributed by atoms with Crippen molar-refractivity contribution >= 4 is 51.2 Å². The molecule has 2 rings (SSSR count). The number of piperidine rings is 1. The van der Waals surface area contributed by atoms with Gasteiger partial charge in [-0.25, -0.2) is 13.2 Å². The quantitative estimate of drug-likeness (QED) is 0.405. The maximum atomic E-state index is 12.6. The summed E-state index contributed by atoms with van der Waals surface area (Å²) in [7, 11) is -3.51. The minimum Gasteiger partial charge on any atom is -0.444 e. The summed E-state index contributed by atoms with van der Waals surface area (Å²) in [4.78, 5) is 30.8. The zero-order valence-electron chi connectivity index (χ0n) is 19.1. The van der Waals surface area contributed by atoms with Gasteiger partial charge in [0.25, 0.3) is 5.91 Å². The van der Waals surface area contributed by atoms with Crippen LogP contribution >= 0.6 is 11.6 Å². The van der Waals surface area contributed by atoms with E-state index < -0.39 is 21.5 Å². The van der Waals surface area contributed by atoms with Gasteiger partial charge in [0.2, 0.25) is 10.0 Å². The van der Waals surface area contributed by atoms with Crippen molar-refractivity contribution in [2.45, 2.75) is 45.3 Å². The van der Waals surface area contributed by atoms with Crippen molar-refractivity contribution in [3.05, 3.63) is 35.0 Å².